The van der Waals surface area contributed by atoms with E-state index < -0.39 is 26.7 Å². The molecule has 0 saturated heterocycles. The molecule has 4 aromatic rings. The number of nitrogens with one attached hydrogen (secondary N) is 1. The molecule has 0 atom stereocenters. The zero-order valence-electron chi connectivity index (χ0n) is 19.4. The molecule has 0 spiro atoms. The third-order valence-corrected chi connectivity index (χ3v) is 7.37. The Morgan fingerprint density at radius 1 is 1.00 bits per heavy atom. The van der Waals surface area contributed by atoms with Gasteiger partial charge < -0.3 is 15.2 Å². The molecular formula is C25H19Cl2N3O6S. The second-order valence-corrected chi connectivity index (χ2v) is 9.95. The largest absolute Gasteiger partial charge is 0.505 e. The molecule has 37 heavy (non-hydrogen) atoms. The van der Waals surface area contributed by atoms with Crippen LogP contribution < -0.4 is 10.1 Å². The number of rotatable bonds is 6. The van der Waals surface area contributed by atoms with Crippen molar-refractivity contribution in [2.24, 2.45) is 10.2 Å². The highest BCUT2D eigenvalue weighted by atomic mass is 35.5. The Kier molecular flexibility index (Phi) is 7.37. The van der Waals surface area contributed by atoms with Crippen molar-refractivity contribution < 1.29 is 27.6 Å². The van der Waals surface area contributed by atoms with E-state index in [0.717, 1.165) is 0 Å². The number of halogens is 2. The van der Waals surface area contributed by atoms with Crippen LogP contribution in [0, 0.1) is 6.92 Å². The Morgan fingerprint density at radius 3 is 2.43 bits per heavy atom. The fourth-order valence-corrected chi connectivity index (χ4v) is 5.08. The maximum Gasteiger partial charge on any atom is 0.298 e. The molecule has 0 aliphatic carbocycles. The van der Waals surface area contributed by atoms with Crippen LogP contribution in [0.4, 0.5) is 17.1 Å². The highest BCUT2D eigenvalue weighted by molar-refractivity contribution is 7.86. The van der Waals surface area contributed by atoms with Gasteiger partial charge in [0, 0.05) is 5.39 Å². The molecule has 0 saturated carbocycles. The summed E-state index contributed by atoms with van der Waals surface area (Å²) in [7, 11) is -3.31. The predicted molar refractivity (Wildman–Crippen MR) is 142 cm³/mol. The molecule has 0 radical (unpaired) electrons. The summed E-state index contributed by atoms with van der Waals surface area (Å²) < 4.78 is 38.8. The van der Waals surface area contributed by atoms with Crippen molar-refractivity contribution in [3.8, 4) is 11.5 Å². The molecule has 0 unspecified atom stereocenters. The van der Waals surface area contributed by atoms with Gasteiger partial charge in [0.1, 0.15) is 27.0 Å². The van der Waals surface area contributed by atoms with E-state index in [9.17, 15) is 22.9 Å². The second-order valence-electron chi connectivity index (χ2n) is 7.84. The molecule has 0 aromatic heterocycles. The average Bonchev–Trinajstić information content (AvgIpc) is 2.85. The molecule has 0 bridgehead atoms. The molecule has 4 rings (SSSR count). The van der Waals surface area contributed by atoms with Crippen LogP contribution in [0.2, 0.25) is 10.0 Å². The first-order chi connectivity index (χ1) is 17.5. The number of phenols is 1. The van der Waals surface area contributed by atoms with Gasteiger partial charge >= 0.3 is 0 Å². The maximum absolute atomic E-state index is 13.2. The van der Waals surface area contributed by atoms with Crippen molar-refractivity contribution in [1.29, 1.82) is 0 Å². The number of fused-ring (bicyclic) bond motifs is 1. The molecule has 0 heterocycles. The minimum atomic E-state index is -4.74. The first kappa shape index (κ1) is 26.4. The van der Waals surface area contributed by atoms with Gasteiger partial charge in [0.05, 0.1) is 23.4 Å². The quantitative estimate of drug-likeness (QED) is 0.170. The van der Waals surface area contributed by atoms with Crippen molar-refractivity contribution in [1.82, 2.24) is 0 Å². The van der Waals surface area contributed by atoms with Crippen LogP contribution in [0.1, 0.15) is 15.9 Å². The number of nitrogens with zero attached hydrogens (tertiary/aromatic N) is 2. The first-order valence-electron chi connectivity index (χ1n) is 10.6. The summed E-state index contributed by atoms with van der Waals surface area (Å²) in [4.78, 5) is 12.5. The van der Waals surface area contributed by atoms with Gasteiger partial charge in [0.25, 0.3) is 16.0 Å². The standard InChI is InChI=1S/C25H19Cl2N3O6S/c1-13-10-11-18(24(20(13)26)37(33,34)35)29-30-22-15-7-4-3-6-14(15)12-16(23(22)31)25(32)28-17-8-5-9-19(36-2)21(17)27/h3-12,31H,1-2H3,(H,28,32)(H,33,34,35). The lowest BCUT2D eigenvalue weighted by atomic mass is 10.0. The number of amides is 1. The van der Waals surface area contributed by atoms with Gasteiger partial charge in [-0.05, 0) is 42.1 Å². The molecule has 12 heteroatoms. The Balaban J connectivity index is 1.84. The van der Waals surface area contributed by atoms with E-state index in [1.165, 1.54) is 25.3 Å². The van der Waals surface area contributed by atoms with Gasteiger partial charge in [-0.1, -0.05) is 59.6 Å². The Labute approximate surface area is 222 Å². The van der Waals surface area contributed by atoms with Crippen molar-refractivity contribution in [3.05, 3.63) is 81.8 Å². The number of azo groups is 1. The van der Waals surface area contributed by atoms with Crippen molar-refractivity contribution in [2.45, 2.75) is 11.8 Å². The van der Waals surface area contributed by atoms with Crippen LogP contribution in [0.3, 0.4) is 0 Å². The summed E-state index contributed by atoms with van der Waals surface area (Å²) in [5.41, 5.74) is 0.173. The molecule has 0 aliphatic heterocycles. The summed E-state index contributed by atoms with van der Waals surface area (Å²) in [5, 5.41) is 22.6. The van der Waals surface area contributed by atoms with Crippen LogP contribution >= 0.6 is 23.2 Å². The second kappa shape index (κ2) is 10.3. The lowest BCUT2D eigenvalue weighted by molar-refractivity contribution is 0.102. The summed E-state index contributed by atoms with van der Waals surface area (Å²) in [5.74, 6) is -0.847. The third-order valence-electron chi connectivity index (χ3n) is 5.46. The average molecular weight is 560 g/mol. The van der Waals surface area contributed by atoms with Crippen LogP contribution in [-0.2, 0) is 10.1 Å². The number of carbonyl (C=O) groups excluding carboxylic acids is 1. The Morgan fingerprint density at radius 2 is 1.73 bits per heavy atom. The molecule has 190 valence electrons. The van der Waals surface area contributed by atoms with Gasteiger partial charge in [0.15, 0.2) is 5.75 Å². The first-order valence-corrected chi connectivity index (χ1v) is 12.8. The zero-order chi connectivity index (χ0) is 26.9. The molecule has 9 nitrogen and oxygen atoms in total. The normalized spacial score (nSPS) is 11.7. The molecular weight excluding hydrogens is 541 g/mol. The van der Waals surface area contributed by atoms with Crippen LogP contribution in [0.25, 0.3) is 10.8 Å². The zero-order valence-corrected chi connectivity index (χ0v) is 21.7. The van der Waals surface area contributed by atoms with Crippen LogP contribution in [0.5, 0.6) is 11.5 Å². The maximum atomic E-state index is 13.2. The Hall–Kier alpha value is -3.70. The fourth-order valence-electron chi connectivity index (χ4n) is 3.62. The Bertz CT molecular complexity index is 1690. The number of ether oxygens (including phenoxy) is 1. The molecule has 1 amide bonds. The smallest absolute Gasteiger partial charge is 0.298 e. The van der Waals surface area contributed by atoms with Crippen molar-refractivity contribution in [3.63, 3.8) is 0 Å². The number of aromatic hydroxyl groups is 1. The molecule has 3 N–H and O–H groups in total. The molecule has 0 fully saturated rings. The number of phenolic OH excluding ortho intramolecular Hbond substituents is 1. The van der Waals surface area contributed by atoms with Crippen molar-refractivity contribution >= 4 is 67.1 Å². The van der Waals surface area contributed by atoms with E-state index in [-0.39, 0.29) is 32.7 Å². The monoisotopic (exact) mass is 559 g/mol. The van der Waals surface area contributed by atoms with E-state index in [1.54, 1.807) is 49.4 Å². The highest BCUT2D eigenvalue weighted by Crippen LogP contribution is 2.41. The lowest BCUT2D eigenvalue weighted by Gasteiger charge is -2.13. The van der Waals surface area contributed by atoms with Gasteiger partial charge in [-0.2, -0.15) is 8.42 Å². The third kappa shape index (κ3) is 5.23. The minimum Gasteiger partial charge on any atom is -0.505 e. The van der Waals surface area contributed by atoms with E-state index in [0.29, 0.717) is 22.1 Å². The summed E-state index contributed by atoms with van der Waals surface area (Å²) >= 11 is 12.4. The number of benzene rings is 4. The van der Waals surface area contributed by atoms with E-state index in [2.05, 4.69) is 15.5 Å². The van der Waals surface area contributed by atoms with Crippen molar-refractivity contribution in [2.75, 3.05) is 12.4 Å². The SMILES string of the molecule is COc1cccc(NC(=O)c2cc3ccccc3c(N=Nc3ccc(C)c(Cl)c3S(=O)(=O)O)c2O)c1Cl. The number of hydrogen-bond acceptors (Lipinski definition) is 7. The summed E-state index contributed by atoms with van der Waals surface area (Å²) in [6.45, 7) is 1.56. The summed E-state index contributed by atoms with van der Waals surface area (Å²) in [6, 6.07) is 15.9. The van der Waals surface area contributed by atoms with E-state index in [1.807, 2.05) is 0 Å². The lowest BCUT2D eigenvalue weighted by Crippen LogP contribution is -2.12. The molecule has 4 aromatic carbocycles. The van der Waals surface area contributed by atoms with Gasteiger partial charge in [0.2, 0.25) is 0 Å². The predicted octanol–water partition coefficient (Wildman–Crippen LogP) is 7.08. The number of aryl methyl sites for hydroxylation is 1. The fraction of sp³-hybridized carbons (Fsp3) is 0.0800. The number of anilines is 1. The van der Waals surface area contributed by atoms with Crippen LogP contribution in [0.15, 0.2) is 75.8 Å². The number of methoxy groups -OCH3 is 1. The van der Waals surface area contributed by atoms with Gasteiger partial charge in [-0.25, -0.2) is 0 Å². The van der Waals surface area contributed by atoms with Gasteiger partial charge in [-0.3, -0.25) is 9.35 Å². The van der Waals surface area contributed by atoms with E-state index >= 15 is 0 Å². The number of carbonyl (C=O) groups is 1. The summed E-state index contributed by atoms with van der Waals surface area (Å²) in [6.07, 6.45) is 0. The molecule has 0 aliphatic rings. The number of hydrogen-bond donors (Lipinski definition) is 3. The minimum absolute atomic E-state index is 0.0991. The highest BCUT2D eigenvalue weighted by Gasteiger charge is 2.23. The van der Waals surface area contributed by atoms with Gasteiger partial charge in [-0.15, -0.1) is 10.2 Å². The van der Waals surface area contributed by atoms with Crippen LogP contribution in [-0.4, -0.2) is 31.1 Å². The topological polar surface area (TPSA) is 138 Å². The van der Waals surface area contributed by atoms with E-state index in [4.69, 9.17) is 27.9 Å².